The molecule has 1 aromatic carbocycles. The van der Waals surface area contributed by atoms with Crippen LogP contribution in [0.5, 0.6) is 0 Å². The molecular formula is C15H19N3O5S. The average Bonchev–Trinajstić information content (AvgIpc) is 3.01. The number of carboxylic acid groups (broad SMARTS) is 1. The molecule has 0 aliphatic heterocycles. The summed E-state index contributed by atoms with van der Waals surface area (Å²) in [6, 6.07) is 1.78. The highest BCUT2D eigenvalue weighted by Crippen LogP contribution is 2.20. The summed E-state index contributed by atoms with van der Waals surface area (Å²) < 4.78 is 27.4. The third-order valence-corrected chi connectivity index (χ3v) is 5.24. The van der Waals surface area contributed by atoms with Crippen molar-refractivity contribution in [2.75, 3.05) is 6.61 Å². The van der Waals surface area contributed by atoms with Crippen LogP contribution in [-0.4, -0.2) is 47.2 Å². The van der Waals surface area contributed by atoms with Crippen molar-refractivity contribution in [3.05, 3.63) is 47.0 Å². The molecule has 0 spiro atoms. The van der Waals surface area contributed by atoms with Gasteiger partial charge in [0, 0.05) is 18.3 Å². The number of carbonyl (C=O) groups is 1. The molecule has 0 bridgehead atoms. The second kappa shape index (κ2) is 7.12. The summed E-state index contributed by atoms with van der Waals surface area (Å²) in [5.74, 6) is -1.19. The number of aryl methyl sites for hydroxylation is 1. The number of rotatable bonds is 7. The summed E-state index contributed by atoms with van der Waals surface area (Å²) in [5, 5.41) is 18.6. The molecule has 0 radical (unpaired) electrons. The maximum absolute atomic E-state index is 12.5. The Kier molecular flexibility index (Phi) is 5.37. The van der Waals surface area contributed by atoms with Crippen LogP contribution in [0.4, 0.5) is 0 Å². The van der Waals surface area contributed by atoms with Crippen LogP contribution in [0.3, 0.4) is 0 Å². The fraction of sp³-hybridized carbons (Fsp3) is 0.333. The molecule has 4 N–H and O–H groups in total. The summed E-state index contributed by atoms with van der Waals surface area (Å²) in [4.78, 5) is 17.8. The normalized spacial score (nSPS) is 13.0. The first-order valence-electron chi connectivity index (χ1n) is 7.19. The van der Waals surface area contributed by atoms with Crippen LogP contribution in [0.25, 0.3) is 0 Å². The Morgan fingerprint density at radius 1 is 1.38 bits per heavy atom. The molecule has 1 aromatic heterocycles. The molecule has 1 atom stereocenters. The number of aliphatic hydroxyl groups is 1. The summed E-state index contributed by atoms with van der Waals surface area (Å²) >= 11 is 0. The highest BCUT2D eigenvalue weighted by molar-refractivity contribution is 7.89. The number of aromatic carboxylic acids is 1. The zero-order chi connectivity index (χ0) is 17.9. The first-order valence-corrected chi connectivity index (χ1v) is 8.68. The molecule has 2 rings (SSSR count). The number of carboxylic acids is 1. The van der Waals surface area contributed by atoms with E-state index in [1.54, 1.807) is 13.8 Å². The van der Waals surface area contributed by atoms with E-state index in [1.807, 2.05) is 0 Å². The third-order valence-electron chi connectivity index (χ3n) is 3.74. The second-order valence-corrected chi connectivity index (χ2v) is 7.21. The van der Waals surface area contributed by atoms with E-state index in [0.717, 1.165) is 6.07 Å². The van der Waals surface area contributed by atoms with Crippen LogP contribution in [0.2, 0.25) is 0 Å². The van der Waals surface area contributed by atoms with E-state index in [2.05, 4.69) is 14.7 Å². The van der Waals surface area contributed by atoms with Gasteiger partial charge in [-0.2, -0.15) is 0 Å². The number of imidazole rings is 1. The van der Waals surface area contributed by atoms with Gasteiger partial charge in [-0.1, -0.05) is 0 Å². The highest BCUT2D eigenvalue weighted by atomic mass is 32.2. The number of H-pyrrole nitrogens is 1. The summed E-state index contributed by atoms with van der Waals surface area (Å²) in [6.07, 6.45) is 3.22. The van der Waals surface area contributed by atoms with Crippen molar-refractivity contribution in [3.8, 4) is 0 Å². The van der Waals surface area contributed by atoms with Gasteiger partial charge in [-0.05, 0) is 37.1 Å². The van der Waals surface area contributed by atoms with E-state index < -0.39 is 28.6 Å². The van der Waals surface area contributed by atoms with Crippen molar-refractivity contribution in [3.63, 3.8) is 0 Å². The largest absolute Gasteiger partial charge is 0.478 e. The zero-order valence-electron chi connectivity index (χ0n) is 13.3. The minimum atomic E-state index is -3.98. The molecule has 0 aliphatic rings. The number of hydrogen-bond donors (Lipinski definition) is 4. The zero-order valence-corrected chi connectivity index (χ0v) is 14.1. The van der Waals surface area contributed by atoms with Gasteiger partial charge in [0.05, 0.1) is 29.4 Å². The number of nitrogens with zero attached hydrogens (tertiary/aromatic N) is 1. The number of aliphatic hydroxyl groups excluding tert-OH is 1. The Bertz CT molecular complexity index is 831. The van der Waals surface area contributed by atoms with Crippen LogP contribution >= 0.6 is 0 Å². The van der Waals surface area contributed by atoms with Crippen LogP contribution < -0.4 is 4.72 Å². The molecule has 0 saturated carbocycles. The lowest BCUT2D eigenvalue weighted by Crippen LogP contribution is -2.39. The van der Waals surface area contributed by atoms with Gasteiger partial charge in [-0.15, -0.1) is 0 Å². The number of hydrogen-bond acceptors (Lipinski definition) is 5. The van der Waals surface area contributed by atoms with E-state index in [0.29, 0.717) is 16.8 Å². The minimum absolute atomic E-state index is 0.0653. The van der Waals surface area contributed by atoms with Crippen LogP contribution in [0, 0.1) is 13.8 Å². The Morgan fingerprint density at radius 2 is 2.08 bits per heavy atom. The second-order valence-electron chi connectivity index (χ2n) is 5.50. The fourth-order valence-electron chi connectivity index (χ4n) is 2.30. The van der Waals surface area contributed by atoms with Crippen molar-refractivity contribution in [1.29, 1.82) is 0 Å². The molecule has 130 valence electrons. The van der Waals surface area contributed by atoms with Crippen molar-refractivity contribution >= 4 is 16.0 Å². The molecule has 0 saturated heterocycles. The third kappa shape index (κ3) is 3.99. The van der Waals surface area contributed by atoms with Gasteiger partial charge in [0.15, 0.2) is 0 Å². The van der Waals surface area contributed by atoms with Gasteiger partial charge >= 0.3 is 5.97 Å². The van der Waals surface area contributed by atoms with Gasteiger partial charge in [-0.25, -0.2) is 22.9 Å². The highest BCUT2D eigenvalue weighted by Gasteiger charge is 2.23. The van der Waals surface area contributed by atoms with Crippen molar-refractivity contribution in [2.24, 2.45) is 0 Å². The smallest absolute Gasteiger partial charge is 0.336 e. The predicted molar refractivity (Wildman–Crippen MR) is 86.4 cm³/mol. The van der Waals surface area contributed by atoms with Crippen LogP contribution in [0.1, 0.15) is 27.2 Å². The van der Waals surface area contributed by atoms with E-state index in [9.17, 15) is 23.4 Å². The number of sulfonamides is 1. The van der Waals surface area contributed by atoms with E-state index >= 15 is 0 Å². The molecule has 0 aliphatic carbocycles. The summed E-state index contributed by atoms with van der Waals surface area (Å²) in [5.41, 5.74) is 1.68. The van der Waals surface area contributed by atoms with Gasteiger partial charge in [0.25, 0.3) is 0 Å². The Morgan fingerprint density at radius 3 is 2.62 bits per heavy atom. The van der Waals surface area contributed by atoms with Crippen LogP contribution in [-0.2, 0) is 16.4 Å². The molecule has 24 heavy (non-hydrogen) atoms. The topological polar surface area (TPSA) is 132 Å². The molecule has 1 heterocycles. The lowest BCUT2D eigenvalue weighted by atomic mass is 10.0. The maximum atomic E-state index is 12.5. The number of nitrogens with one attached hydrogen (secondary N) is 2. The molecular weight excluding hydrogens is 334 g/mol. The Hall–Kier alpha value is -2.23. The van der Waals surface area contributed by atoms with Gasteiger partial charge < -0.3 is 15.2 Å². The first-order chi connectivity index (χ1) is 11.2. The molecule has 2 aromatic rings. The lowest BCUT2D eigenvalue weighted by Gasteiger charge is -2.17. The summed E-state index contributed by atoms with van der Waals surface area (Å²) in [6.45, 7) is 2.86. The van der Waals surface area contributed by atoms with Crippen molar-refractivity contribution in [2.45, 2.75) is 31.2 Å². The molecule has 0 amide bonds. The van der Waals surface area contributed by atoms with Gasteiger partial charge in [0.1, 0.15) is 0 Å². The van der Waals surface area contributed by atoms with Crippen molar-refractivity contribution < 1.29 is 23.4 Å². The maximum Gasteiger partial charge on any atom is 0.336 e. The number of benzene rings is 1. The lowest BCUT2D eigenvalue weighted by molar-refractivity contribution is 0.0695. The number of aromatic nitrogens is 2. The fourth-order valence-corrected chi connectivity index (χ4v) is 3.63. The molecule has 0 fully saturated rings. The molecule has 8 nitrogen and oxygen atoms in total. The quantitative estimate of drug-likeness (QED) is 0.576. The first kappa shape index (κ1) is 18.1. The van der Waals surface area contributed by atoms with E-state index in [1.165, 1.54) is 18.6 Å². The minimum Gasteiger partial charge on any atom is -0.478 e. The van der Waals surface area contributed by atoms with E-state index in [-0.39, 0.29) is 16.9 Å². The molecule has 9 heteroatoms. The monoisotopic (exact) mass is 353 g/mol. The van der Waals surface area contributed by atoms with Crippen molar-refractivity contribution in [1.82, 2.24) is 14.7 Å². The predicted octanol–water partition coefficient (Wildman–Crippen LogP) is 0.607. The van der Waals surface area contributed by atoms with Crippen LogP contribution in [0.15, 0.2) is 29.6 Å². The van der Waals surface area contributed by atoms with Gasteiger partial charge in [0.2, 0.25) is 10.0 Å². The average molecular weight is 353 g/mol. The molecule has 0 unspecified atom stereocenters. The standard InChI is InChI=1S/C15H19N3O5S/c1-9-3-13(5-14(10(9)2)15(20)21)24(22,23)18-12(7-19)4-11-6-16-8-17-11/h3,5-6,8,12,18-19H,4,7H2,1-2H3,(H,16,17)(H,20,21)/t12-/m0/s1. The van der Waals surface area contributed by atoms with Gasteiger partial charge in [-0.3, -0.25) is 0 Å². The Labute approximate surface area is 139 Å². The van der Waals surface area contributed by atoms with E-state index in [4.69, 9.17) is 0 Å². The SMILES string of the molecule is Cc1cc(S(=O)(=O)N[C@H](CO)Cc2cnc[nH]2)cc(C(=O)O)c1C. The Balaban J connectivity index is 2.31. The number of aromatic amines is 1. The summed E-state index contributed by atoms with van der Waals surface area (Å²) in [7, 11) is -3.98.